The molecule has 0 bridgehead atoms. The van der Waals surface area contributed by atoms with Gasteiger partial charge in [-0.05, 0) is 111 Å². The number of rotatable bonds is 10. The molecule has 1 heterocycles. The van der Waals surface area contributed by atoms with Crippen LogP contribution in [0.1, 0.15) is 62.8 Å². The van der Waals surface area contributed by atoms with Crippen molar-refractivity contribution in [3.63, 3.8) is 0 Å². The number of benzene rings is 6. The molecule has 0 saturated heterocycles. The second kappa shape index (κ2) is 14.9. The Morgan fingerprint density at radius 2 is 1.51 bits per heavy atom. The predicted molar refractivity (Wildman–Crippen MR) is 245 cm³/mol. The van der Waals surface area contributed by atoms with E-state index in [1.54, 1.807) is 0 Å². The fourth-order valence-electron chi connectivity index (χ4n) is 9.12. The van der Waals surface area contributed by atoms with Gasteiger partial charge in [0.25, 0.3) is 0 Å². The van der Waals surface area contributed by atoms with Crippen molar-refractivity contribution < 1.29 is 0 Å². The molecule has 0 amide bonds. The molecule has 6 aromatic carbocycles. The lowest BCUT2D eigenvalue weighted by Crippen LogP contribution is -2.37. The highest BCUT2D eigenvalue weighted by Gasteiger charge is 2.37. The molecular weight excluding hydrogens is 693 g/mol. The van der Waals surface area contributed by atoms with Gasteiger partial charge in [0.05, 0.1) is 17.4 Å². The van der Waals surface area contributed by atoms with Crippen LogP contribution in [-0.2, 0) is 6.42 Å². The summed E-state index contributed by atoms with van der Waals surface area (Å²) in [5.41, 5.74) is 11.4. The summed E-state index contributed by atoms with van der Waals surface area (Å²) in [5.74, 6) is 2.35. The molecule has 280 valence electrons. The highest BCUT2D eigenvalue weighted by Crippen LogP contribution is 2.52. The third kappa shape index (κ3) is 6.17. The van der Waals surface area contributed by atoms with E-state index >= 15 is 0 Å². The summed E-state index contributed by atoms with van der Waals surface area (Å²) in [6.07, 6.45) is 13.6. The minimum Gasteiger partial charge on any atom is -0.315 e. The Morgan fingerprint density at radius 3 is 2.26 bits per heavy atom. The smallest absolute Gasteiger partial charge is 0.138 e. The molecule has 0 fully saturated rings. The number of aromatic nitrogens is 1. The number of hydrogen-bond donors (Lipinski definition) is 0. The number of hydrogen-bond acceptors (Lipinski definition) is 4. The summed E-state index contributed by atoms with van der Waals surface area (Å²) in [6.45, 7) is 15.4. The summed E-state index contributed by atoms with van der Waals surface area (Å²) in [6, 6.07) is 43.8. The number of pyridine rings is 1. The molecule has 7 aromatic rings. The molecule has 0 spiro atoms. The maximum Gasteiger partial charge on any atom is 0.138 e. The number of para-hydroxylation sites is 1. The van der Waals surface area contributed by atoms with Crippen LogP contribution in [0.5, 0.6) is 0 Å². The maximum absolute atomic E-state index is 5.13. The molecule has 4 heteroatoms. The summed E-state index contributed by atoms with van der Waals surface area (Å²) < 4.78 is 0. The largest absolute Gasteiger partial charge is 0.315 e. The fraction of sp³-hybridized carbons (Fsp3) is 0.170. The van der Waals surface area contributed by atoms with Crippen LogP contribution in [-0.4, -0.2) is 17.2 Å². The first-order valence-electron chi connectivity index (χ1n) is 20.2. The second-order valence-electron chi connectivity index (χ2n) is 15.7. The maximum atomic E-state index is 5.13. The molecule has 9 rings (SSSR count). The van der Waals surface area contributed by atoms with Crippen LogP contribution < -0.4 is 9.80 Å². The Kier molecular flexibility index (Phi) is 9.42. The Bertz CT molecular complexity index is 2810. The molecule has 2 aliphatic rings. The molecule has 0 saturated carbocycles. The van der Waals surface area contributed by atoms with Crippen molar-refractivity contribution in [2.75, 3.05) is 9.80 Å². The second-order valence-corrected chi connectivity index (χ2v) is 15.7. The number of nitrogens with zero attached hydrogens (tertiary/aromatic N) is 4. The third-order valence-corrected chi connectivity index (χ3v) is 11.6. The first-order chi connectivity index (χ1) is 27.9. The number of fused-ring (bicyclic) bond motifs is 2. The van der Waals surface area contributed by atoms with Crippen LogP contribution in [0.4, 0.5) is 22.9 Å². The van der Waals surface area contributed by atoms with Gasteiger partial charge in [-0.2, -0.15) is 0 Å². The van der Waals surface area contributed by atoms with Crippen LogP contribution in [0, 0.1) is 5.92 Å². The molecular formula is C53H48N4. The average Bonchev–Trinajstić information content (AvgIpc) is 3.24. The molecule has 4 nitrogen and oxygen atoms in total. The topological polar surface area (TPSA) is 31.7 Å². The monoisotopic (exact) mass is 740 g/mol. The summed E-state index contributed by atoms with van der Waals surface area (Å²) in [5, 5.41) is 7.25. The van der Waals surface area contributed by atoms with Crippen LogP contribution in [0.15, 0.2) is 169 Å². The van der Waals surface area contributed by atoms with Gasteiger partial charge in [0, 0.05) is 34.3 Å². The summed E-state index contributed by atoms with van der Waals surface area (Å²) in [7, 11) is 0. The van der Waals surface area contributed by atoms with E-state index in [1.807, 2.05) is 31.5 Å². The van der Waals surface area contributed by atoms with Gasteiger partial charge in [-0.25, -0.2) is 9.98 Å². The van der Waals surface area contributed by atoms with E-state index in [0.29, 0.717) is 11.8 Å². The Balaban J connectivity index is 1.35. The van der Waals surface area contributed by atoms with Crippen LogP contribution in [0.2, 0.25) is 0 Å². The molecule has 1 atom stereocenters. The van der Waals surface area contributed by atoms with Gasteiger partial charge in [-0.15, -0.1) is 0 Å². The van der Waals surface area contributed by atoms with Crippen molar-refractivity contribution in [3.05, 3.63) is 186 Å². The first kappa shape index (κ1) is 36.1. The number of anilines is 4. The van der Waals surface area contributed by atoms with Crippen molar-refractivity contribution in [3.8, 4) is 0 Å². The minimum absolute atomic E-state index is 0.118. The SMILES string of the molecule is C=C/C=C(\N=C/C)N(c1cccc2ccccc12)C1C=C(C(C)C)c2ccc3c(N(c4ccccc4)c4cc5ccccc5cn4)cc(C(C)C)c4c3c2C1=CC4. The fourth-order valence-corrected chi connectivity index (χ4v) is 9.12. The molecule has 2 aliphatic carbocycles. The van der Waals surface area contributed by atoms with Crippen molar-refractivity contribution in [1.29, 1.82) is 0 Å². The van der Waals surface area contributed by atoms with Crippen molar-refractivity contribution in [1.82, 2.24) is 4.98 Å². The van der Waals surface area contributed by atoms with E-state index in [9.17, 15) is 0 Å². The Morgan fingerprint density at radius 1 is 0.772 bits per heavy atom. The van der Waals surface area contributed by atoms with Gasteiger partial charge in [0.2, 0.25) is 0 Å². The van der Waals surface area contributed by atoms with E-state index in [4.69, 9.17) is 9.98 Å². The van der Waals surface area contributed by atoms with Crippen LogP contribution >= 0.6 is 0 Å². The third-order valence-electron chi connectivity index (χ3n) is 11.6. The van der Waals surface area contributed by atoms with Gasteiger partial charge in [0.15, 0.2) is 0 Å². The zero-order valence-electron chi connectivity index (χ0n) is 33.4. The van der Waals surface area contributed by atoms with Gasteiger partial charge in [-0.1, -0.05) is 143 Å². The van der Waals surface area contributed by atoms with E-state index in [0.717, 1.165) is 40.5 Å². The molecule has 0 radical (unpaired) electrons. The first-order valence-corrected chi connectivity index (χ1v) is 20.2. The highest BCUT2D eigenvalue weighted by atomic mass is 15.2. The van der Waals surface area contributed by atoms with Gasteiger partial charge < -0.3 is 4.90 Å². The predicted octanol–water partition coefficient (Wildman–Crippen LogP) is 14.1. The standard InChI is InChI=1S/C53H48N4/c1-7-17-50(54-8-2)57(47-25-16-21-36-18-14-15-24-40(36)47)49-32-46(35(5)6)42-26-28-43-48(31-45(34(3)4)41-27-29-44(49)53(42)52(41)43)56(39-22-10-9-11-23-39)51-30-37-19-12-13-20-38(37)33-55-51/h7-26,28-35,49H,1,27H2,2-6H3/b50-17+,54-8-. The van der Waals surface area contributed by atoms with Crippen LogP contribution in [0.3, 0.4) is 0 Å². The average molecular weight is 741 g/mol. The quantitative estimate of drug-likeness (QED) is 0.103. The minimum atomic E-state index is -0.118. The lowest BCUT2D eigenvalue weighted by molar-refractivity contribution is 0.821. The van der Waals surface area contributed by atoms with Crippen molar-refractivity contribution in [2.45, 2.75) is 53.0 Å². The molecule has 57 heavy (non-hydrogen) atoms. The van der Waals surface area contributed by atoms with Crippen molar-refractivity contribution >= 4 is 72.6 Å². The number of allylic oxidation sites excluding steroid dienone is 4. The molecule has 1 unspecified atom stereocenters. The number of aliphatic imine (C=N–C) groups is 1. The molecule has 0 aliphatic heterocycles. The summed E-state index contributed by atoms with van der Waals surface area (Å²) in [4.78, 5) is 15.0. The van der Waals surface area contributed by atoms with Gasteiger partial charge >= 0.3 is 0 Å². The lowest BCUT2D eigenvalue weighted by Gasteiger charge is -2.41. The normalized spacial score (nSPS) is 15.1. The summed E-state index contributed by atoms with van der Waals surface area (Å²) >= 11 is 0. The zero-order chi connectivity index (χ0) is 39.2. The Hall–Kier alpha value is -6.52. The zero-order valence-corrected chi connectivity index (χ0v) is 33.4. The molecule has 0 N–H and O–H groups in total. The highest BCUT2D eigenvalue weighted by molar-refractivity contribution is 6.12. The Labute approximate surface area is 336 Å². The van der Waals surface area contributed by atoms with E-state index in [1.165, 1.54) is 60.3 Å². The lowest BCUT2D eigenvalue weighted by atomic mass is 9.72. The van der Waals surface area contributed by atoms with E-state index in [-0.39, 0.29) is 6.04 Å². The van der Waals surface area contributed by atoms with Crippen LogP contribution in [0.25, 0.3) is 43.5 Å². The van der Waals surface area contributed by atoms with Gasteiger partial charge in [-0.3, -0.25) is 4.90 Å². The molecule has 1 aromatic heterocycles. The van der Waals surface area contributed by atoms with Crippen molar-refractivity contribution in [2.24, 2.45) is 10.9 Å². The van der Waals surface area contributed by atoms with E-state index in [2.05, 4.69) is 178 Å². The van der Waals surface area contributed by atoms with E-state index < -0.39 is 0 Å². The van der Waals surface area contributed by atoms with Gasteiger partial charge in [0.1, 0.15) is 11.6 Å².